The SMILES string of the molecule is O=C1C(Cl)=CC(=NC(=O)c2ccc([N+](=O)[O-])cc2[N+](=O)[O-])C=C1Cl. The molecular weight excluding hydrogens is 365 g/mol. The number of carbonyl (C=O) groups excluding carboxylic acids is 2. The van der Waals surface area contributed by atoms with Crippen LogP contribution in [0, 0.1) is 20.2 Å². The summed E-state index contributed by atoms with van der Waals surface area (Å²) in [5.74, 6) is -1.69. The number of aliphatic imine (C=N–C) groups is 1. The largest absolute Gasteiger partial charge is 0.289 e. The molecule has 1 aliphatic carbocycles. The van der Waals surface area contributed by atoms with Gasteiger partial charge < -0.3 is 0 Å². The molecule has 0 atom stereocenters. The quantitative estimate of drug-likeness (QED) is 0.456. The molecule has 1 aromatic rings. The van der Waals surface area contributed by atoms with Crippen LogP contribution in [0.25, 0.3) is 0 Å². The van der Waals surface area contributed by atoms with E-state index in [0.29, 0.717) is 6.07 Å². The van der Waals surface area contributed by atoms with Crippen molar-refractivity contribution in [1.29, 1.82) is 0 Å². The van der Waals surface area contributed by atoms with Gasteiger partial charge in [-0.2, -0.15) is 0 Å². The first-order valence-electron chi connectivity index (χ1n) is 6.05. The van der Waals surface area contributed by atoms with Gasteiger partial charge in [0.05, 0.1) is 31.7 Å². The van der Waals surface area contributed by atoms with E-state index in [1.165, 1.54) is 0 Å². The van der Waals surface area contributed by atoms with Gasteiger partial charge in [0.15, 0.2) is 0 Å². The molecule has 0 N–H and O–H groups in total. The summed E-state index contributed by atoms with van der Waals surface area (Å²) < 4.78 is 0. The van der Waals surface area contributed by atoms with Crippen LogP contribution in [0.1, 0.15) is 10.4 Å². The van der Waals surface area contributed by atoms with Gasteiger partial charge in [-0.3, -0.25) is 29.8 Å². The standard InChI is InChI=1S/C13H5Cl2N3O6/c14-9-3-6(4-10(15)12(9)19)16-13(20)8-2-1-7(17(21)22)5-11(8)18(23)24/h1-5H. The van der Waals surface area contributed by atoms with Gasteiger partial charge in [0.25, 0.3) is 17.3 Å². The first kappa shape index (κ1) is 17.4. The van der Waals surface area contributed by atoms with Crippen LogP contribution in [-0.2, 0) is 4.79 Å². The Balaban J connectivity index is 2.47. The number of rotatable bonds is 3. The van der Waals surface area contributed by atoms with Crippen LogP contribution >= 0.6 is 23.2 Å². The highest BCUT2D eigenvalue weighted by atomic mass is 35.5. The van der Waals surface area contributed by atoms with Crippen molar-refractivity contribution in [2.45, 2.75) is 0 Å². The van der Waals surface area contributed by atoms with Crippen molar-refractivity contribution in [3.8, 4) is 0 Å². The van der Waals surface area contributed by atoms with Gasteiger partial charge in [-0.1, -0.05) is 23.2 Å². The van der Waals surface area contributed by atoms with E-state index in [2.05, 4.69) is 4.99 Å². The van der Waals surface area contributed by atoms with E-state index in [1.54, 1.807) is 0 Å². The number of nitro benzene ring substituents is 2. The minimum Gasteiger partial charge on any atom is -0.287 e. The van der Waals surface area contributed by atoms with Crippen LogP contribution < -0.4 is 0 Å². The molecule has 9 nitrogen and oxygen atoms in total. The van der Waals surface area contributed by atoms with Crippen LogP contribution in [0.5, 0.6) is 0 Å². The first-order chi connectivity index (χ1) is 11.2. The molecule has 0 bridgehead atoms. The molecule has 0 spiro atoms. The fourth-order valence-corrected chi connectivity index (χ4v) is 2.23. The summed E-state index contributed by atoms with van der Waals surface area (Å²) in [6.45, 7) is 0. The summed E-state index contributed by atoms with van der Waals surface area (Å²) in [4.78, 5) is 47.0. The highest BCUT2D eigenvalue weighted by Gasteiger charge is 2.25. The molecule has 24 heavy (non-hydrogen) atoms. The van der Waals surface area contributed by atoms with Crippen molar-refractivity contribution >= 4 is 52.0 Å². The highest BCUT2D eigenvalue weighted by molar-refractivity contribution is 6.57. The molecule has 0 aromatic heterocycles. The number of ketones is 1. The van der Waals surface area contributed by atoms with E-state index >= 15 is 0 Å². The molecule has 1 aromatic carbocycles. The number of halogens is 2. The lowest BCUT2D eigenvalue weighted by molar-refractivity contribution is -0.394. The number of allylic oxidation sites excluding steroid dienone is 4. The predicted molar refractivity (Wildman–Crippen MR) is 84.4 cm³/mol. The second kappa shape index (κ2) is 6.69. The second-order valence-electron chi connectivity index (χ2n) is 4.37. The first-order valence-corrected chi connectivity index (χ1v) is 6.81. The Morgan fingerprint density at radius 1 is 1.04 bits per heavy atom. The summed E-state index contributed by atoms with van der Waals surface area (Å²) in [5, 5.41) is 21.1. The topological polar surface area (TPSA) is 133 Å². The number of nitro groups is 2. The minimum atomic E-state index is -1.04. The smallest absolute Gasteiger partial charge is 0.287 e. The summed E-state index contributed by atoms with van der Waals surface area (Å²) in [6, 6.07) is 2.52. The van der Waals surface area contributed by atoms with E-state index in [-0.39, 0.29) is 15.8 Å². The zero-order chi connectivity index (χ0) is 18.0. The number of amides is 1. The van der Waals surface area contributed by atoms with E-state index < -0.39 is 38.5 Å². The lowest BCUT2D eigenvalue weighted by Crippen LogP contribution is -2.10. The maximum absolute atomic E-state index is 12.1. The second-order valence-corrected chi connectivity index (χ2v) is 5.19. The third-order valence-electron chi connectivity index (χ3n) is 2.83. The van der Waals surface area contributed by atoms with Crippen LogP contribution in [0.3, 0.4) is 0 Å². The van der Waals surface area contributed by atoms with Crippen LogP contribution in [0.2, 0.25) is 0 Å². The number of hydrogen-bond acceptors (Lipinski definition) is 6. The zero-order valence-corrected chi connectivity index (χ0v) is 12.9. The fraction of sp³-hybridized carbons (Fsp3) is 0. The molecule has 0 radical (unpaired) electrons. The van der Waals surface area contributed by atoms with Crippen molar-refractivity contribution in [3.63, 3.8) is 0 Å². The van der Waals surface area contributed by atoms with Crippen LogP contribution in [0.4, 0.5) is 11.4 Å². The fourth-order valence-electron chi connectivity index (χ4n) is 1.75. The van der Waals surface area contributed by atoms with Gasteiger partial charge in [0.2, 0.25) is 5.78 Å². The third kappa shape index (κ3) is 3.53. The van der Waals surface area contributed by atoms with Crippen LogP contribution in [-0.4, -0.2) is 27.2 Å². The Kier molecular flexibility index (Phi) is 4.86. The van der Waals surface area contributed by atoms with Gasteiger partial charge in [0, 0.05) is 6.07 Å². The van der Waals surface area contributed by atoms with Crippen molar-refractivity contribution in [2.75, 3.05) is 0 Å². The lowest BCUT2D eigenvalue weighted by Gasteiger charge is -2.05. The molecule has 1 amide bonds. The molecule has 0 aliphatic heterocycles. The molecular formula is C13H5Cl2N3O6. The maximum Gasteiger partial charge on any atom is 0.289 e. The number of nitrogens with zero attached hydrogens (tertiary/aromatic N) is 3. The molecule has 0 fully saturated rings. The van der Waals surface area contributed by atoms with Gasteiger partial charge >= 0.3 is 0 Å². The van der Waals surface area contributed by atoms with E-state index in [4.69, 9.17) is 23.2 Å². The van der Waals surface area contributed by atoms with Gasteiger partial charge in [0.1, 0.15) is 5.56 Å². The molecule has 122 valence electrons. The van der Waals surface area contributed by atoms with Crippen molar-refractivity contribution in [3.05, 3.63) is 66.2 Å². The third-order valence-corrected chi connectivity index (χ3v) is 3.39. The maximum atomic E-state index is 12.1. The Morgan fingerprint density at radius 3 is 2.12 bits per heavy atom. The Morgan fingerprint density at radius 2 is 1.62 bits per heavy atom. The molecule has 11 heteroatoms. The highest BCUT2D eigenvalue weighted by Crippen LogP contribution is 2.26. The number of hydrogen-bond donors (Lipinski definition) is 0. The normalized spacial score (nSPS) is 13.9. The number of carbonyl (C=O) groups is 2. The van der Waals surface area contributed by atoms with E-state index in [9.17, 15) is 29.8 Å². The molecule has 0 unspecified atom stereocenters. The predicted octanol–water partition coefficient (Wildman–Crippen LogP) is 2.91. The van der Waals surface area contributed by atoms with E-state index in [0.717, 1.165) is 24.3 Å². The number of benzene rings is 1. The summed E-state index contributed by atoms with van der Waals surface area (Å²) in [7, 11) is 0. The zero-order valence-electron chi connectivity index (χ0n) is 11.4. The average Bonchev–Trinajstić information content (AvgIpc) is 2.51. The van der Waals surface area contributed by atoms with Gasteiger partial charge in [-0.15, -0.1) is 0 Å². The molecule has 2 rings (SSSR count). The van der Waals surface area contributed by atoms with Gasteiger partial charge in [-0.25, -0.2) is 4.99 Å². The minimum absolute atomic E-state index is 0.0812. The molecule has 0 saturated carbocycles. The lowest BCUT2D eigenvalue weighted by atomic mass is 10.1. The Bertz CT molecular complexity index is 864. The number of Topliss-reactive ketones (excluding diaryl/α,β-unsaturated/α-hetero) is 1. The van der Waals surface area contributed by atoms with E-state index in [1.807, 2.05) is 0 Å². The Hall–Kier alpha value is -2.91. The van der Waals surface area contributed by atoms with Crippen molar-refractivity contribution in [1.82, 2.24) is 0 Å². The van der Waals surface area contributed by atoms with Crippen molar-refractivity contribution < 1.29 is 19.4 Å². The molecule has 1 aliphatic rings. The summed E-state index contributed by atoms with van der Waals surface area (Å²) >= 11 is 11.3. The van der Waals surface area contributed by atoms with Crippen molar-refractivity contribution in [2.24, 2.45) is 4.99 Å². The molecule has 0 saturated heterocycles. The summed E-state index contributed by atoms with van der Waals surface area (Å²) in [6.07, 6.45) is 2.15. The summed E-state index contributed by atoms with van der Waals surface area (Å²) in [5.41, 5.74) is -1.85. The van der Waals surface area contributed by atoms with Crippen LogP contribution in [0.15, 0.2) is 45.4 Å². The molecule has 0 heterocycles. The number of non-ortho nitro benzene ring substituents is 1. The monoisotopic (exact) mass is 369 g/mol. The Labute approximate surface area is 143 Å². The van der Waals surface area contributed by atoms with Gasteiger partial charge in [-0.05, 0) is 18.2 Å². The average molecular weight is 370 g/mol.